The molecule has 0 fully saturated rings. The summed E-state index contributed by atoms with van der Waals surface area (Å²) in [7, 11) is 1.61. The van der Waals surface area contributed by atoms with E-state index in [1.165, 1.54) is 0 Å². The molecule has 27 heavy (non-hydrogen) atoms. The Morgan fingerprint density at radius 2 is 1.89 bits per heavy atom. The zero-order valence-electron chi connectivity index (χ0n) is 15.3. The van der Waals surface area contributed by atoms with Crippen molar-refractivity contribution in [3.63, 3.8) is 0 Å². The van der Waals surface area contributed by atoms with Crippen LogP contribution in [0.25, 0.3) is 0 Å². The van der Waals surface area contributed by atoms with Crippen LogP contribution in [0.1, 0.15) is 27.8 Å². The van der Waals surface area contributed by atoms with Crippen molar-refractivity contribution in [2.24, 2.45) is 0 Å². The lowest BCUT2D eigenvalue weighted by Crippen LogP contribution is -2.13. The number of methoxy groups -OCH3 is 1. The van der Waals surface area contributed by atoms with E-state index in [0.29, 0.717) is 18.6 Å². The number of hydrogen-bond donors (Lipinski definition) is 1. The SMILES string of the molecule is COc1ccc(OCc2ccccc2)c(Cc2c[nH]c(=O)c(C#N)c2C)c1. The molecule has 136 valence electrons. The van der Waals surface area contributed by atoms with Crippen molar-refractivity contribution in [1.82, 2.24) is 4.98 Å². The van der Waals surface area contributed by atoms with Gasteiger partial charge in [0.1, 0.15) is 29.7 Å². The van der Waals surface area contributed by atoms with Gasteiger partial charge in [0, 0.05) is 18.2 Å². The molecule has 0 aliphatic carbocycles. The van der Waals surface area contributed by atoms with Crippen molar-refractivity contribution in [2.45, 2.75) is 20.0 Å². The average Bonchev–Trinajstić information content (AvgIpc) is 2.70. The molecule has 0 spiro atoms. The van der Waals surface area contributed by atoms with Gasteiger partial charge in [-0.3, -0.25) is 4.79 Å². The van der Waals surface area contributed by atoms with Gasteiger partial charge in [0.05, 0.1) is 7.11 Å². The highest BCUT2D eigenvalue weighted by atomic mass is 16.5. The van der Waals surface area contributed by atoms with Gasteiger partial charge in [0.25, 0.3) is 5.56 Å². The van der Waals surface area contributed by atoms with Crippen LogP contribution in [-0.4, -0.2) is 12.1 Å². The molecule has 0 bridgehead atoms. The molecule has 0 atom stereocenters. The summed E-state index contributed by atoms with van der Waals surface area (Å²) in [6.45, 7) is 2.24. The van der Waals surface area contributed by atoms with Crippen molar-refractivity contribution in [2.75, 3.05) is 7.11 Å². The van der Waals surface area contributed by atoms with Crippen LogP contribution in [0.4, 0.5) is 0 Å². The molecule has 1 aromatic heterocycles. The number of aromatic amines is 1. The van der Waals surface area contributed by atoms with Gasteiger partial charge in [0.2, 0.25) is 0 Å². The van der Waals surface area contributed by atoms with E-state index in [4.69, 9.17) is 9.47 Å². The third-order valence-electron chi connectivity index (χ3n) is 4.46. The molecule has 0 amide bonds. The molecule has 3 rings (SSSR count). The van der Waals surface area contributed by atoms with E-state index in [9.17, 15) is 10.1 Å². The summed E-state index contributed by atoms with van der Waals surface area (Å²) in [5, 5.41) is 9.22. The molecule has 1 N–H and O–H groups in total. The highest BCUT2D eigenvalue weighted by molar-refractivity contribution is 5.46. The number of nitrogens with zero attached hydrogens (tertiary/aromatic N) is 1. The summed E-state index contributed by atoms with van der Waals surface area (Å²) in [4.78, 5) is 14.4. The first-order valence-electron chi connectivity index (χ1n) is 8.57. The summed E-state index contributed by atoms with van der Waals surface area (Å²) in [5.74, 6) is 1.46. The second-order valence-electron chi connectivity index (χ2n) is 6.18. The molecule has 0 radical (unpaired) electrons. The number of nitriles is 1. The van der Waals surface area contributed by atoms with Crippen LogP contribution in [0.15, 0.2) is 59.5 Å². The minimum absolute atomic E-state index is 0.141. The van der Waals surface area contributed by atoms with Crippen molar-refractivity contribution in [1.29, 1.82) is 5.26 Å². The van der Waals surface area contributed by atoms with E-state index in [2.05, 4.69) is 4.98 Å². The van der Waals surface area contributed by atoms with Crippen molar-refractivity contribution in [3.8, 4) is 17.6 Å². The Balaban J connectivity index is 1.92. The van der Waals surface area contributed by atoms with E-state index in [0.717, 1.165) is 28.2 Å². The molecule has 0 unspecified atom stereocenters. The molecule has 5 nitrogen and oxygen atoms in total. The summed E-state index contributed by atoms with van der Waals surface area (Å²) >= 11 is 0. The lowest BCUT2D eigenvalue weighted by molar-refractivity contribution is 0.302. The first-order chi connectivity index (χ1) is 13.1. The van der Waals surface area contributed by atoms with Crippen LogP contribution < -0.4 is 15.0 Å². The van der Waals surface area contributed by atoms with Gasteiger partial charge >= 0.3 is 0 Å². The van der Waals surface area contributed by atoms with Crippen LogP contribution in [0, 0.1) is 18.3 Å². The lowest BCUT2D eigenvalue weighted by atomic mass is 9.99. The number of pyridine rings is 1. The smallest absolute Gasteiger partial charge is 0.266 e. The monoisotopic (exact) mass is 360 g/mol. The third kappa shape index (κ3) is 4.18. The topological polar surface area (TPSA) is 75.1 Å². The van der Waals surface area contributed by atoms with Gasteiger partial charge in [-0.1, -0.05) is 30.3 Å². The zero-order valence-corrected chi connectivity index (χ0v) is 15.3. The van der Waals surface area contributed by atoms with E-state index in [1.807, 2.05) is 54.6 Å². The Morgan fingerprint density at radius 3 is 2.59 bits per heavy atom. The molecule has 0 aliphatic rings. The summed E-state index contributed by atoms with van der Waals surface area (Å²) in [6.07, 6.45) is 2.16. The first-order valence-corrected chi connectivity index (χ1v) is 8.57. The van der Waals surface area contributed by atoms with Gasteiger partial charge in [-0.15, -0.1) is 0 Å². The number of aromatic nitrogens is 1. The Morgan fingerprint density at radius 1 is 1.11 bits per heavy atom. The lowest BCUT2D eigenvalue weighted by Gasteiger charge is -2.14. The van der Waals surface area contributed by atoms with Gasteiger partial charge < -0.3 is 14.5 Å². The average molecular weight is 360 g/mol. The minimum atomic E-state index is -0.370. The molecule has 0 saturated heterocycles. The second kappa shape index (κ2) is 8.24. The Kier molecular flexibility index (Phi) is 5.58. The van der Waals surface area contributed by atoms with Crippen molar-refractivity contribution in [3.05, 3.63) is 92.9 Å². The molecule has 5 heteroatoms. The maximum absolute atomic E-state index is 11.8. The quantitative estimate of drug-likeness (QED) is 0.727. The fraction of sp³-hybridized carbons (Fsp3) is 0.182. The number of nitrogens with one attached hydrogen (secondary N) is 1. The van der Waals surface area contributed by atoms with Crippen LogP contribution in [0.3, 0.4) is 0 Å². The fourth-order valence-corrected chi connectivity index (χ4v) is 2.88. The van der Waals surface area contributed by atoms with Crippen LogP contribution in [0.2, 0.25) is 0 Å². The Hall–Kier alpha value is -3.52. The molecule has 3 aromatic rings. The molecular formula is C22H20N2O3. The zero-order chi connectivity index (χ0) is 19.2. The highest BCUT2D eigenvalue weighted by Gasteiger charge is 2.13. The Bertz CT molecular complexity index is 1030. The van der Waals surface area contributed by atoms with Crippen LogP contribution in [-0.2, 0) is 13.0 Å². The number of benzene rings is 2. The largest absolute Gasteiger partial charge is 0.497 e. The molecule has 0 aliphatic heterocycles. The second-order valence-corrected chi connectivity index (χ2v) is 6.18. The number of hydrogen-bond acceptors (Lipinski definition) is 4. The van der Waals surface area contributed by atoms with E-state index < -0.39 is 0 Å². The normalized spacial score (nSPS) is 10.3. The molecule has 1 heterocycles. The molecular weight excluding hydrogens is 340 g/mol. The highest BCUT2D eigenvalue weighted by Crippen LogP contribution is 2.28. The van der Waals surface area contributed by atoms with Crippen molar-refractivity contribution < 1.29 is 9.47 Å². The van der Waals surface area contributed by atoms with Gasteiger partial charge in [-0.25, -0.2) is 0 Å². The van der Waals surface area contributed by atoms with Gasteiger partial charge in [0.15, 0.2) is 0 Å². The maximum Gasteiger partial charge on any atom is 0.266 e. The summed E-state index contributed by atoms with van der Waals surface area (Å²) in [6, 6.07) is 17.5. The standard InChI is InChI=1S/C22H20N2O3/c1-15-18(13-24-22(25)20(15)12-23)10-17-11-19(26-2)8-9-21(17)27-14-16-6-4-3-5-7-16/h3-9,11,13H,10,14H2,1-2H3,(H,24,25). The fourth-order valence-electron chi connectivity index (χ4n) is 2.88. The molecule has 2 aromatic carbocycles. The first kappa shape index (κ1) is 18.3. The van der Waals surface area contributed by atoms with Crippen molar-refractivity contribution >= 4 is 0 Å². The number of ether oxygens (including phenoxy) is 2. The summed E-state index contributed by atoms with van der Waals surface area (Å²) < 4.78 is 11.4. The van der Waals surface area contributed by atoms with E-state index in [1.54, 1.807) is 20.2 Å². The summed E-state index contributed by atoms with van der Waals surface area (Å²) in [5.41, 5.74) is 3.31. The Labute approximate surface area is 157 Å². The van der Waals surface area contributed by atoms with E-state index in [-0.39, 0.29) is 11.1 Å². The van der Waals surface area contributed by atoms with Crippen LogP contribution >= 0.6 is 0 Å². The minimum Gasteiger partial charge on any atom is -0.497 e. The van der Waals surface area contributed by atoms with Gasteiger partial charge in [-0.2, -0.15) is 5.26 Å². The predicted molar refractivity (Wildman–Crippen MR) is 103 cm³/mol. The number of H-pyrrole nitrogens is 1. The maximum atomic E-state index is 11.8. The van der Waals surface area contributed by atoms with Gasteiger partial charge in [-0.05, 0) is 41.8 Å². The predicted octanol–water partition coefficient (Wildman–Crippen LogP) is 3.73. The molecule has 0 saturated carbocycles. The number of rotatable bonds is 6. The van der Waals surface area contributed by atoms with Crippen LogP contribution in [0.5, 0.6) is 11.5 Å². The third-order valence-corrected chi connectivity index (χ3v) is 4.46. The van der Waals surface area contributed by atoms with E-state index >= 15 is 0 Å².